The molecule has 0 fully saturated rings. The van der Waals surface area contributed by atoms with Crippen molar-refractivity contribution in [2.75, 3.05) is 18.4 Å². The van der Waals surface area contributed by atoms with Gasteiger partial charge in [0.2, 0.25) is 16.8 Å². The van der Waals surface area contributed by atoms with Crippen molar-refractivity contribution < 1.29 is 17.9 Å². The average molecular weight is 292 g/mol. The Morgan fingerprint density at radius 1 is 1.33 bits per heavy atom. The van der Waals surface area contributed by atoms with Gasteiger partial charge in [0.1, 0.15) is 0 Å². The minimum atomic E-state index is -3.29. The summed E-state index contributed by atoms with van der Waals surface area (Å²) < 4.78 is 36.3. The number of fused-ring (bicyclic) bond motifs is 1. The molecule has 100 valence electrons. The van der Waals surface area contributed by atoms with E-state index in [4.69, 9.17) is 21.1 Å². The molecule has 0 atom stereocenters. The standard InChI is InChI=1S/C11H14ClNO4S/c12-5-2-6-18(14,15)13-7-9-3-1-4-10-11(9)17-8-16-10/h1,3-4,13H,2,5-8H2. The van der Waals surface area contributed by atoms with E-state index < -0.39 is 10.0 Å². The third-order valence-electron chi connectivity index (χ3n) is 2.51. The summed E-state index contributed by atoms with van der Waals surface area (Å²) in [5.74, 6) is 1.62. The Morgan fingerprint density at radius 2 is 2.17 bits per heavy atom. The molecule has 0 aromatic heterocycles. The normalized spacial score (nSPS) is 13.8. The van der Waals surface area contributed by atoms with E-state index in [1.807, 2.05) is 0 Å². The van der Waals surface area contributed by atoms with E-state index >= 15 is 0 Å². The van der Waals surface area contributed by atoms with E-state index in [1.54, 1.807) is 18.2 Å². The average Bonchev–Trinajstić information content (AvgIpc) is 2.82. The van der Waals surface area contributed by atoms with Crippen LogP contribution in [0.25, 0.3) is 0 Å². The third-order valence-corrected chi connectivity index (χ3v) is 4.18. The predicted molar refractivity (Wildman–Crippen MR) is 68.5 cm³/mol. The van der Waals surface area contributed by atoms with Gasteiger partial charge in [0, 0.05) is 18.0 Å². The number of nitrogens with one attached hydrogen (secondary N) is 1. The van der Waals surface area contributed by atoms with Crippen LogP contribution in [0.15, 0.2) is 18.2 Å². The molecule has 1 heterocycles. The fourth-order valence-corrected chi connectivity index (χ4v) is 2.97. The molecule has 0 amide bonds. The second kappa shape index (κ2) is 5.77. The highest BCUT2D eigenvalue weighted by atomic mass is 35.5. The largest absolute Gasteiger partial charge is 0.454 e. The highest BCUT2D eigenvalue weighted by Crippen LogP contribution is 2.35. The van der Waals surface area contributed by atoms with Crippen LogP contribution < -0.4 is 14.2 Å². The van der Waals surface area contributed by atoms with Crippen molar-refractivity contribution in [3.05, 3.63) is 23.8 Å². The maximum Gasteiger partial charge on any atom is 0.231 e. The number of ether oxygens (including phenoxy) is 2. The second-order valence-electron chi connectivity index (χ2n) is 3.83. The fraction of sp³-hybridized carbons (Fsp3) is 0.455. The van der Waals surface area contributed by atoms with Crippen LogP contribution in [-0.4, -0.2) is 26.8 Å². The van der Waals surface area contributed by atoms with Gasteiger partial charge in [0.25, 0.3) is 0 Å². The number of benzene rings is 1. The van der Waals surface area contributed by atoms with E-state index in [9.17, 15) is 8.42 Å². The summed E-state index contributed by atoms with van der Waals surface area (Å²) in [6.07, 6.45) is 0.434. The number of sulfonamides is 1. The van der Waals surface area contributed by atoms with Crippen molar-refractivity contribution in [1.82, 2.24) is 4.72 Å². The van der Waals surface area contributed by atoms with Crippen LogP contribution in [0.5, 0.6) is 11.5 Å². The maximum absolute atomic E-state index is 11.6. The predicted octanol–water partition coefficient (Wildman–Crippen LogP) is 1.46. The molecular formula is C11H14ClNO4S. The van der Waals surface area contributed by atoms with Gasteiger partial charge in [-0.25, -0.2) is 13.1 Å². The van der Waals surface area contributed by atoms with Crippen LogP contribution in [0.4, 0.5) is 0 Å². The van der Waals surface area contributed by atoms with Crippen LogP contribution in [-0.2, 0) is 16.6 Å². The molecule has 7 heteroatoms. The summed E-state index contributed by atoms with van der Waals surface area (Å²) in [4.78, 5) is 0. The van der Waals surface area contributed by atoms with Crippen LogP contribution in [0.1, 0.15) is 12.0 Å². The quantitative estimate of drug-likeness (QED) is 0.806. The van der Waals surface area contributed by atoms with Gasteiger partial charge < -0.3 is 9.47 Å². The fourth-order valence-electron chi connectivity index (χ4n) is 1.63. The molecule has 1 aliphatic rings. The van der Waals surface area contributed by atoms with Crippen molar-refractivity contribution in [2.45, 2.75) is 13.0 Å². The lowest BCUT2D eigenvalue weighted by Gasteiger charge is -2.08. The van der Waals surface area contributed by atoms with Gasteiger partial charge in [0.05, 0.1) is 5.75 Å². The van der Waals surface area contributed by atoms with Gasteiger partial charge in [-0.1, -0.05) is 12.1 Å². The molecule has 1 aromatic rings. The summed E-state index contributed by atoms with van der Waals surface area (Å²) >= 11 is 5.47. The second-order valence-corrected chi connectivity index (χ2v) is 6.14. The van der Waals surface area contributed by atoms with Crippen LogP contribution in [0, 0.1) is 0 Å². The maximum atomic E-state index is 11.6. The highest BCUT2D eigenvalue weighted by molar-refractivity contribution is 7.89. The molecule has 18 heavy (non-hydrogen) atoms. The highest BCUT2D eigenvalue weighted by Gasteiger charge is 2.18. The first-order valence-corrected chi connectivity index (χ1v) is 7.72. The number of rotatable bonds is 6. The molecule has 0 saturated heterocycles. The Kier molecular flexibility index (Phi) is 4.31. The van der Waals surface area contributed by atoms with Crippen molar-refractivity contribution in [3.63, 3.8) is 0 Å². The van der Waals surface area contributed by atoms with Crippen molar-refractivity contribution >= 4 is 21.6 Å². The van der Waals surface area contributed by atoms with E-state index in [0.29, 0.717) is 23.8 Å². The zero-order chi connectivity index (χ0) is 13.0. The van der Waals surface area contributed by atoms with E-state index in [0.717, 1.165) is 5.56 Å². The molecule has 0 aliphatic carbocycles. The molecule has 0 radical (unpaired) electrons. The Bertz CT molecular complexity index is 518. The lowest BCUT2D eigenvalue weighted by Crippen LogP contribution is -2.26. The Hall–Kier alpha value is -0.980. The molecule has 1 aliphatic heterocycles. The first-order chi connectivity index (χ1) is 8.62. The van der Waals surface area contributed by atoms with Gasteiger partial charge in [-0.15, -0.1) is 11.6 Å². The molecule has 0 bridgehead atoms. The van der Waals surface area contributed by atoms with Crippen LogP contribution in [0.3, 0.4) is 0 Å². The number of hydrogen-bond donors (Lipinski definition) is 1. The van der Waals surface area contributed by atoms with Gasteiger partial charge in [0.15, 0.2) is 11.5 Å². The van der Waals surface area contributed by atoms with E-state index in [1.165, 1.54) is 0 Å². The molecule has 0 spiro atoms. The number of alkyl halides is 1. The van der Waals surface area contributed by atoms with E-state index in [2.05, 4.69) is 4.72 Å². The third kappa shape index (κ3) is 3.28. The van der Waals surface area contributed by atoms with Crippen molar-refractivity contribution in [2.24, 2.45) is 0 Å². The molecule has 5 nitrogen and oxygen atoms in total. The molecule has 1 N–H and O–H groups in total. The van der Waals surface area contributed by atoms with Crippen LogP contribution >= 0.6 is 11.6 Å². The van der Waals surface area contributed by atoms with Crippen molar-refractivity contribution in [1.29, 1.82) is 0 Å². The molecule has 1 aromatic carbocycles. The monoisotopic (exact) mass is 291 g/mol. The summed E-state index contributed by atoms with van der Waals surface area (Å²) in [5, 5.41) is 0. The molecule has 0 saturated carbocycles. The van der Waals surface area contributed by atoms with Gasteiger partial charge in [-0.3, -0.25) is 0 Å². The Morgan fingerprint density at radius 3 is 2.94 bits per heavy atom. The summed E-state index contributed by atoms with van der Waals surface area (Å²) in [5.41, 5.74) is 0.763. The summed E-state index contributed by atoms with van der Waals surface area (Å²) in [6, 6.07) is 5.39. The lowest BCUT2D eigenvalue weighted by molar-refractivity contribution is 0.173. The van der Waals surface area contributed by atoms with Gasteiger partial charge in [-0.2, -0.15) is 0 Å². The number of halogens is 1. The first kappa shape index (κ1) is 13.5. The smallest absolute Gasteiger partial charge is 0.231 e. The molecule has 0 unspecified atom stereocenters. The Labute approximate surface area is 111 Å². The SMILES string of the molecule is O=S(=O)(CCCCl)NCc1cccc2c1OCO2. The number of hydrogen-bond acceptors (Lipinski definition) is 4. The van der Waals surface area contributed by atoms with Gasteiger partial charge >= 0.3 is 0 Å². The topological polar surface area (TPSA) is 64.6 Å². The minimum absolute atomic E-state index is 0.0306. The molecule has 2 rings (SSSR count). The minimum Gasteiger partial charge on any atom is -0.454 e. The summed E-state index contributed by atoms with van der Waals surface area (Å²) in [7, 11) is -3.29. The van der Waals surface area contributed by atoms with Crippen molar-refractivity contribution in [3.8, 4) is 11.5 Å². The lowest BCUT2D eigenvalue weighted by atomic mass is 10.2. The first-order valence-electron chi connectivity index (χ1n) is 5.53. The zero-order valence-corrected chi connectivity index (χ0v) is 11.3. The Balaban J connectivity index is 2.01. The zero-order valence-electron chi connectivity index (χ0n) is 9.69. The van der Waals surface area contributed by atoms with E-state index in [-0.39, 0.29) is 19.1 Å². The van der Waals surface area contributed by atoms with Gasteiger partial charge in [-0.05, 0) is 12.5 Å². The van der Waals surface area contributed by atoms with Crippen LogP contribution in [0.2, 0.25) is 0 Å². The molecular weight excluding hydrogens is 278 g/mol. The number of para-hydroxylation sites is 1. The summed E-state index contributed by atoms with van der Waals surface area (Å²) in [6.45, 7) is 0.364.